The van der Waals surface area contributed by atoms with Gasteiger partial charge in [-0.25, -0.2) is 8.42 Å². The van der Waals surface area contributed by atoms with Crippen LogP contribution in [0, 0.1) is 0 Å². The summed E-state index contributed by atoms with van der Waals surface area (Å²) in [6.45, 7) is 1.37. The van der Waals surface area contributed by atoms with Crippen molar-refractivity contribution in [3.8, 4) is 0 Å². The van der Waals surface area contributed by atoms with Crippen LogP contribution in [0.4, 0.5) is 0 Å². The number of nitrogens with two attached hydrogens (primary N) is 1. The van der Waals surface area contributed by atoms with Crippen LogP contribution in [0.3, 0.4) is 0 Å². The molecule has 86 valence electrons. The number of hydrogen-bond acceptors (Lipinski definition) is 3. The molecule has 0 aromatic carbocycles. The molecule has 0 aliphatic heterocycles. The fourth-order valence-corrected chi connectivity index (χ4v) is 2.19. The third-order valence-corrected chi connectivity index (χ3v) is 3.27. The number of rotatable bonds is 6. The van der Waals surface area contributed by atoms with E-state index in [0.717, 1.165) is 13.0 Å². The second-order valence-electron chi connectivity index (χ2n) is 3.72. The first-order chi connectivity index (χ1) is 7.03. The van der Waals surface area contributed by atoms with E-state index in [-0.39, 0.29) is 5.75 Å². The zero-order valence-electron chi connectivity index (χ0n) is 9.02. The highest BCUT2D eigenvalue weighted by molar-refractivity contribution is 7.90. The van der Waals surface area contributed by atoms with Gasteiger partial charge < -0.3 is 10.3 Å². The third-order valence-electron chi connectivity index (χ3n) is 2.24. The Kier molecular flexibility index (Phi) is 4.35. The molecule has 5 heteroatoms. The maximum atomic E-state index is 10.9. The number of sulfone groups is 1. The fourth-order valence-electron chi connectivity index (χ4n) is 1.54. The van der Waals surface area contributed by atoms with Crippen LogP contribution in [-0.2, 0) is 22.8 Å². The Morgan fingerprint density at radius 3 is 2.80 bits per heavy atom. The molecule has 0 amide bonds. The Labute approximate surface area is 91.0 Å². The summed E-state index contributed by atoms with van der Waals surface area (Å²) < 4.78 is 23.9. The van der Waals surface area contributed by atoms with Gasteiger partial charge in [0.1, 0.15) is 9.84 Å². The minimum absolute atomic E-state index is 0.243. The normalized spacial score (nSPS) is 11.9. The summed E-state index contributed by atoms with van der Waals surface area (Å²) in [5.74, 6) is 0.243. The van der Waals surface area contributed by atoms with Gasteiger partial charge in [-0.05, 0) is 31.5 Å². The van der Waals surface area contributed by atoms with E-state index >= 15 is 0 Å². The van der Waals surface area contributed by atoms with Crippen LogP contribution in [0.5, 0.6) is 0 Å². The highest BCUT2D eigenvalue weighted by Crippen LogP contribution is 2.04. The lowest BCUT2D eigenvalue weighted by Crippen LogP contribution is -2.11. The van der Waals surface area contributed by atoms with Crippen molar-refractivity contribution in [1.82, 2.24) is 4.57 Å². The summed E-state index contributed by atoms with van der Waals surface area (Å²) in [6, 6.07) is 3.98. The van der Waals surface area contributed by atoms with Crippen molar-refractivity contribution in [2.24, 2.45) is 5.73 Å². The van der Waals surface area contributed by atoms with Crippen LogP contribution in [0.15, 0.2) is 18.3 Å². The topological polar surface area (TPSA) is 65.1 Å². The molecule has 0 fully saturated rings. The van der Waals surface area contributed by atoms with E-state index in [9.17, 15) is 8.42 Å². The molecule has 0 unspecified atom stereocenters. The fraction of sp³-hybridized carbons (Fsp3) is 0.600. The van der Waals surface area contributed by atoms with Gasteiger partial charge in [-0.3, -0.25) is 0 Å². The standard InChI is InChI=1S/C10H18N2O2S/c1-15(13,14)9-3-8-12-7-2-4-10(12)5-6-11/h2,4,7H,3,5-6,8-9,11H2,1H3. The van der Waals surface area contributed by atoms with Crippen LogP contribution in [0.1, 0.15) is 12.1 Å². The summed E-state index contributed by atoms with van der Waals surface area (Å²) in [7, 11) is -2.84. The highest BCUT2D eigenvalue weighted by Gasteiger charge is 2.03. The van der Waals surface area contributed by atoms with E-state index in [1.165, 1.54) is 11.9 Å². The Morgan fingerprint density at radius 1 is 1.47 bits per heavy atom. The minimum atomic E-state index is -2.84. The van der Waals surface area contributed by atoms with Gasteiger partial charge >= 0.3 is 0 Å². The van der Waals surface area contributed by atoms with Crippen LogP contribution in [-0.4, -0.2) is 31.5 Å². The molecule has 0 saturated carbocycles. The Balaban J connectivity index is 2.47. The van der Waals surface area contributed by atoms with Crippen molar-refractivity contribution in [2.75, 3.05) is 18.6 Å². The number of aromatic nitrogens is 1. The predicted octanol–water partition coefficient (Wildman–Crippen LogP) is 0.424. The molecule has 1 rings (SSSR count). The van der Waals surface area contributed by atoms with Gasteiger partial charge in [-0.2, -0.15) is 0 Å². The van der Waals surface area contributed by atoms with E-state index in [1.807, 2.05) is 18.3 Å². The van der Waals surface area contributed by atoms with Crippen molar-refractivity contribution in [3.63, 3.8) is 0 Å². The molecule has 0 aliphatic carbocycles. The molecule has 0 spiro atoms. The lowest BCUT2D eigenvalue weighted by molar-refractivity contribution is 0.589. The summed E-state index contributed by atoms with van der Waals surface area (Å²) in [4.78, 5) is 0. The van der Waals surface area contributed by atoms with E-state index in [1.54, 1.807) is 0 Å². The average molecular weight is 230 g/mol. The molecule has 1 aromatic rings. The van der Waals surface area contributed by atoms with E-state index < -0.39 is 9.84 Å². The van der Waals surface area contributed by atoms with Crippen molar-refractivity contribution >= 4 is 9.84 Å². The number of aryl methyl sites for hydroxylation is 1. The second kappa shape index (κ2) is 5.32. The van der Waals surface area contributed by atoms with Gasteiger partial charge in [0.25, 0.3) is 0 Å². The summed E-state index contributed by atoms with van der Waals surface area (Å²) >= 11 is 0. The van der Waals surface area contributed by atoms with Crippen LogP contribution in [0.2, 0.25) is 0 Å². The van der Waals surface area contributed by atoms with Crippen LogP contribution in [0.25, 0.3) is 0 Å². The molecular formula is C10H18N2O2S. The molecular weight excluding hydrogens is 212 g/mol. The zero-order chi connectivity index (χ0) is 11.3. The van der Waals surface area contributed by atoms with E-state index in [4.69, 9.17) is 5.73 Å². The van der Waals surface area contributed by atoms with Gasteiger partial charge in [0.2, 0.25) is 0 Å². The quantitative estimate of drug-likeness (QED) is 0.770. The van der Waals surface area contributed by atoms with Crippen LogP contribution >= 0.6 is 0 Å². The molecule has 2 N–H and O–H groups in total. The largest absolute Gasteiger partial charge is 0.351 e. The van der Waals surface area contributed by atoms with Crippen molar-refractivity contribution in [1.29, 1.82) is 0 Å². The molecule has 15 heavy (non-hydrogen) atoms. The smallest absolute Gasteiger partial charge is 0.147 e. The lowest BCUT2D eigenvalue weighted by Gasteiger charge is -2.07. The molecule has 1 aromatic heterocycles. The van der Waals surface area contributed by atoms with Gasteiger partial charge in [0.05, 0.1) is 5.75 Å². The van der Waals surface area contributed by atoms with E-state index in [2.05, 4.69) is 4.57 Å². The third kappa shape index (κ3) is 4.48. The maximum absolute atomic E-state index is 10.9. The van der Waals surface area contributed by atoms with Gasteiger partial charge in [-0.15, -0.1) is 0 Å². The van der Waals surface area contributed by atoms with Crippen LogP contribution < -0.4 is 5.73 Å². The summed E-state index contributed by atoms with van der Waals surface area (Å²) in [5, 5.41) is 0. The highest BCUT2D eigenvalue weighted by atomic mass is 32.2. The molecule has 0 saturated heterocycles. The summed E-state index contributed by atoms with van der Waals surface area (Å²) in [5.41, 5.74) is 6.65. The molecule has 0 aliphatic rings. The number of nitrogens with zero attached hydrogens (tertiary/aromatic N) is 1. The Bertz CT molecular complexity index is 395. The van der Waals surface area contributed by atoms with Gasteiger partial charge in [0, 0.05) is 24.7 Å². The molecule has 0 atom stereocenters. The van der Waals surface area contributed by atoms with Gasteiger partial charge in [-0.1, -0.05) is 0 Å². The van der Waals surface area contributed by atoms with Crippen molar-refractivity contribution in [3.05, 3.63) is 24.0 Å². The Morgan fingerprint density at radius 2 is 2.20 bits per heavy atom. The molecule has 0 bridgehead atoms. The Hall–Kier alpha value is -0.810. The second-order valence-corrected chi connectivity index (χ2v) is 5.97. The first-order valence-electron chi connectivity index (χ1n) is 5.05. The SMILES string of the molecule is CS(=O)(=O)CCCn1cccc1CCN. The summed E-state index contributed by atoms with van der Waals surface area (Å²) in [6.07, 6.45) is 4.73. The van der Waals surface area contributed by atoms with Gasteiger partial charge in [0.15, 0.2) is 0 Å². The first kappa shape index (κ1) is 12.3. The average Bonchev–Trinajstić information content (AvgIpc) is 2.51. The van der Waals surface area contributed by atoms with E-state index in [0.29, 0.717) is 13.0 Å². The predicted molar refractivity (Wildman–Crippen MR) is 61.5 cm³/mol. The maximum Gasteiger partial charge on any atom is 0.147 e. The molecule has 4 nitrogen and oxygen atoms in total. The van der Waals surface area contributed by atoms with Crippen molar-refractivity contribution < 1.29 is 8.42 Å². The van der Waals surface area contributed by atoms with Crippen molar-refractivity contribution in [2.45, 2.75) is 19.4 Å². The first-order valence-corrected chi connectivity index (χ1v) is 7.11. The minimum Gasteiger partial charge on any atom is -0.351 e. The number of hydrogen-bond donors (Lipinski definition) is 1. The molecule has 1 heterocycles. The zero-order valence-corrected chi connectivity index (χ0v) is 9.83. The monoisotopic (exact) mass is 230 g/mol. The lowest BCUT2D eigenvalue weighted by atomic mass is 10.3. The molecule has 0 radical (unpaired) electrons.